The molecular formula is C15H21N3O3. The topological polar surface area (TPSA) is 107 Å². The number of hydrogen-bond donors (Lipinski definition) is 3. The van der Waals surface area contributed by atoms with Crippen molar-refractivity contribution in [1.29, 1.82) is 0 Å². The third-order valence-corrected chi connectivity index (χ3v) is 3.68. The van der Waals surface area contributed by atoms with Gasteiger partial charge in [-0.2, -0.15) is 0 Å². The highest BCUT2D eigenvalue weighted by atomic mass is 16.5. The Morgan fingerprint density at radius 2 is 1.81 bits per heavy atom. The van der Waals surface area contributed by atoms with Crippen LogP contribution in [0.2, 0.25) is 0 Å². The average Bonchev–Trinajstić information content (AvgIpc) is 2.89. The van der Waals surface area contributed by atoms with Gasteiger partial charge in [0.25, 0.3) is 0 Å². The molecule has 0 unspecified atom stereocenters. The maximum atomic E-state index is 12.1. The van der Waals surface area contributed by atoms with E-state index in [9.17, 15) is 9.59 Å². The van der Waals surface area contributed by atoms with Crippen molar-refractivity contribution in [2.75, 3.05) is 11.9 Å². The first-order chi connectivity index (χ1) is 9.99. The molecule has 114 valence electrons. The van der Waals surface area contributed by atoms with Gasteiger partial charge in [0.2, 0.25) is 11.8 Å². The maximum Gasteiger partial charge on any atom is 0.244 e. The largest absolute Gasteiger partial charge is 0.493 e. The number of carbonyl (C=O) groups excluding carboxylic acids is 2. The zero-order chi connectivity index (χ0) is 15.3. The monoisotopic (exact) mass is 291 g/mol. The number of ether oxygens (including phenoxy) is 1. The Balaban J connectivity index is 1.87. The predicted molar refractivity (Wildman–Crippen MR) is 79.8 cm³/mol. The maximum absolute atomic E-state index is 12.1. The fourth-order valence-corrected chi connectivity index (χ4v) is 2.39. The van der Waals surface area contributed by atoms with Gasteiger partial charge < -0.3 is 21.5 Å². The van der Waals surface area contributed by atoms with Crippen LogP contribution in [0.3, 0.4) is 0 Å². The molecule has 2 rings (SSSR count). The standard InChI is InChI=1S/C15H21N3O3/c16-13(19)7-10-21-12-5-3-11(4-6-12)18-14(20)15(17)8-1-2-9-15/h3-6H,1-2,7-10,17H2,(H2,16,19)(H,18,20). The van der Waals surface area contributed by atoms with Crippen LogP contribution >= 0.6 is 0 Å². The molecule has 5 N–H and O–H groups in total. The van der Waals surface area contributed by atoms with Crippen molar-refractivity contribution in [2.45, 2.75) is 37.6 Å². The highest BCUT2D eigenvalue weighted by Gasteiger charge is 2.36. The van der Waals surface area contributed by atoms with Crippen molar-refractivity contribution in [3.05, 3.63) is 24.3 Å². The Bertz CT molecular complexity index is 507. The molecule has 1 aliphatic carbocycles. The summed E-state index contributed by atoms with van der Waals surface area (Å²) in [7, 11) is 0. The molecule has 0 aromatic heterocycles. The highest BCUT2D eigenvalue weighted by Crippen LogP contribution is 2.28. The number of primary amides is 1. The molecule has 0 saturated heterocycles. The third-order valence-electron chi connectivity index (χ3n) is 3.68. The van der Waals surface area contributed by atoms with Crippen LogP contribution in [0.15, 0.2) is 24.3 Å². The molecule has 6 nitrogen and oxygen atoms in total. The number of carbonyl (C=O) groups is 2. The molecule has 2 amide bonds. The Kier molecular flexibility index (Phi) is 4.80. The fourth-order valence-electron chi connectivity index (χ4n) is 2.39. The summed E-state index contributed by atoms with van der Waals surface area (Å²) in [6.07, 6.45) is 3.63. The first kappa shape index (κ1) is 15.3. The quantitative estimate of drug-likeness (QED) is 0.730. The molecule has 1 aliphatic rings. The van der Waals surface area contributed by atoms with E-state index in [4.69, 9.17) is 16.2 Å². The number of hydrogen-bond acceptors (Lipinski definition) is 4. The van der Waals surface area contributed by atoms with E-state index in [-0.39, 0.29) is 18.9 Å². The van der Waals surface area contributed by atoms with Crippen LogP contribution in [0.1, 0.15) is 32.1 Å². The Hall–Kier alpha value is -2.08. The van der Waals surface area contributed by atoms with Crippen molar-refractivity contribution in [2.24, 2.45) is 11.5 Å². The summed E-state index contributed by atoms with van der Waals surface area (Å²) in [4.78, 5) is 22.8. The molecule has 0 spiro atoms. The minimum atomic E-state index is -0.739. The van der Waals surface area contributed by atoms with Crippen molar-refractivity contribution in [1.82, 2.24) is 0 Å². The van der Waals surface area contributed by atoms with Gasteiger partial charge in [0, 0.05) is 5.69 Å². The summed E-state index contributed by atoms with van der Waals surface area (Å²) >= 11 is 0. The molecule has 0 atom stereocenters. The van der Waals surface area contributed by atoms with Crippen LogP contribution in [-0.4, -0.2) is 24.0 Å². The predicted octanol–water partition coefficient (Wildman–Crippen LogP) is 1.15. The third kappa shape index (κ3) is 4.19. The van der Waals surface area contributed by atoms with E-state index in [2.05, 4.69) is 5.32 Å². The van der Waals surface area contributed by atoms with Gasteiger partial charge in [0.05, 0.1) is 18.6 Å². The number of amides is 2. The van der Waals surface area contributed by atoms with Gasteiger partial charge >= 0.3 is 0 Å². The van der Waals surface area contributed by atoms with E-state index >= 15 is 0 Å². The molecule has 1 aromatic rings. The molecule has 6 heteroatoms. The van der Waals surface area contributed by atoms with E-state index in [1.165, 1.54) is 0 Å². The van der Waals surface area contributed by atoms with E-state index < -0.39 is 11.4 Å². The normalized spacial score (nSPS) is 16.4. The fraction of sp³-hybridized carbons (Fsp3) is 0.467. The second-order valence-electron chi connectivity index (χ2n) is 5.41. The summed E-state index contributed by atoms with van der Waals surface area (Å²) in [5.41, 5.74) is 11.1. The average molecular weight is 291 g/mol. The lowest BCUT2D eigenvalue weighted by Gasteiger charge is -2.22. The van der Waals surface area contributed by atoms with Crippen molar-refractivity contribution >= 4 is 17.5 Å². The van der Waals surface area contributed by atoms with Crippen molar-refractivity contribution in [3.8, 4) is 5.75 Å². The lowest BCUT2D eigenvalue weighted by molar-refractivity contribution is -0.121. The van der Waals surface area contributed by atoms with E-state index in [0.29, 0.717) is 11.4 Å². The minimum Gasteiger partial charge on any atom is -0.493 e. The number of nitrogens with one attached hydrogen (secondary N) is 1. The lowest BCUT2D eigenvalue weighted by atomic mass is 9.98. The second-order valence-corrected chi connectivity index (χ2v) is 5.41. The molecule has 1 fully saturated rings. The SMILES string of the molecule is NC(=O)CCOc1ccc(NC(=O)C2(N)CCCC2)cc1. The van der Waals surface area contributed by atoms with Crippen molar-refractivity contribution < 1.29 is 14.3 Å². The van der Waals surface area contributed by atoms with Gasteiger partial charge in [0.15, 0.2) is 0 Å². The zero-order valence-corrected chi connectivity index (χ0v) is 11.9. The van der Waals surface area contributed by atoms with Gasteiger partial charge in [-0.3, -0.25) is 9.59 Å². The number of benzene rings is 1. The van der Waals surface area contributed by atoms with Gasteiger partial charge in [-0.1, -0.05) is 12.8 Å². The number of rotatable bonds is 6. The second kappa shape index (κ2) is 6.58. The molecule has 0 bridgehead atoms. The summed E-state index contributed by atoms with van der Waals surface area (Å²) in [5.74, 6) is 0.0867. The highest BCUT2D eigenvalue weighted by molar-refractivity contribution is 5.98. The molecule has 1 aromatic carbocycles. The minimum absolute atomic E-state index is 0.137. The Morgan fingerprint density at radius 3 is 2.38 bits per heavy atom. The first-order valence-electron chi connectivity index (χ1n) is 7.11. The van der Waals surface area contributed by atoms with E-state index in [0.717, 1.165) is 25.7 Å². The smallest absolute Gasteiger partial charge is 0.244 e. The summed E-state index contributed by atoms with van der Waals surface area (Å²) in [6, 6.07) is 6.95. The van der Waals surface area contributed by atoms with Crippen LogP contribution in [-0.2, 0) is 9.59 Å². The first-order valence-corrected chi connectivity index (χ1v) is 7.11. The van der Waals surface area contributed by atoms with Gasteiger partial charge in [-0.25, -0.2) is 0 Å². The van der Waals surface area contributed by atoms with E-state index in [1.54, 1.807) is 24.3 Å². The van der Waals surface area contributed by atoms with Crippen LogP contribution in [0.25, 0.3) is 0 Å². The van der Waals surface area contributed by atoms with Crippen LogP contribution < -0.4 is 21.5 Å². The Morgan fingerprint density at radius 1 is 1.19 bits per heavy atom. The molecule has 0 aliphatic heterocycles. The molecule has 1 saturated carbocycles. The van der Waals surface area contributed by atoms with Gasteiger partial charge in [-0.15, -0.1) is 0 Å². The number of nitrogens with two attached hydrogens (primary N) is 2. The molecule has 0 radical (unpaired) electrons. The lowest BCUT2D eigenvalue weighted by Crippen LogP contribution is -2.48. The zero-order valence-electron chi connectivity index (χ0n) is 11.9. The Labute approximate surface area is 123 Å². The summed E-state index contributed by atoms with van der Waals surface area (Å²) < 4.78 is 5.36. The number of anilines is 1. The van der Waals surface area contributed by atoms with Crippen LogP contribution in [0, 0.1) is 0 Å². The van der Waals surface area contributed by atoms with Gasteiger partial charge in [-0.05, 0) is 37.1 Å². The van der Waals surface area contributed by atoms with Crippen LogP contribution in [0.4, 0.5) is 5.69 Å². The summed E-state index contributed by atoms with van der Waals surface area (Å²) in [5, 5.41) is 2.83. The molecule has 0 heterocycles. The summed E-state index contributed by atoms with van der Waals surface area (Å²) in [6.45, 7) is 0.243. The van der Waals surface area contributed by atoms with Crippen LogP contribution in [0.5, 0.6) is 5.75 Å². The molecule has 21 heavy (non-hydrogen) atoms. The van der Waals surface area contributed by atoms with E-state index in [1.807, 2.05) is 0 Å². The van der Waals surface area contributed by atoms with Gasteiger partial charge in [0.1, 0.15) is 5.75 Å². The van der Waals surface area contributed by atoms with Crippen molar-refractivity contribution in [3.63, 3.8) is 0 Å². The molecular weight excluding hydrogens is 270 g/mol.